The molecule has 0 bridgehead atoms. The molecule has 0 aliphatic heterocycles. The summed E-state index contributed by atoms with van der Waals surface area (Å²) in [5.74, 6) is 1.76. The first-order chi connectivity index (χ1) is 9.69. The topological polar surface area (TPSA) is 29.3 Å². The number of nitrogens with zero attached hydrogens (tertiary/aromatic N) is 1. The lowest BCUT2D eigenvalue weighted by molar-refractivity contribution is 0.678. The largest absolute Gasteiger partial charge is 0.389 e. The van der Waals surface area contributed by atoms with Gasteiger partial charge in [0, 0.05) is 29.2 Å². The Labute approximate surface area is 131 Å². The van der Waals surface area contributed by atoms with Crippen LogP contribution in [0.15, 0.2) is 23.1 Å². The fraction of sp³-hybridized carbons (Fsp3) is 0.562. The van der Waals surface area contributed by atoms with Crippen molar-refractivity contribution < 1.29 is 0 Å². The van der Waals surface area contributed by atoms with Crippen molar-refractivity contribution in [2.75, 3.05) is 24.2 Å². The van der Waals surface area contributed by atoms with Crippen molar-refractivity contribution in [3.63, 3.8) is 0 Å². The van der Waals surface area contributed by atoms with Crippen LogP contribution in [-0.2, 0) is 0 Å². The highest BCUT2D eigenvalue weighted by Gasteiger charge is 2.30. The molecule has 2 aliphatic carbocycles. The summed E-state index contributed by atoms with van der Waals surface area (Å²) >= 11 is 7.05. The predicted molar refractivity (Wildman–Crippen MR) is 91.8 cm³/mol. The first kappa shape index (κ1) is 14.2. The molecule has 0 heterocycles. The van der Waals surface area contributed by atoms with Crippen LogP contribution in [0.5, 0.6) is 0 Å². The first-order valence-corrected chi connectivity index (χ1v) is 9.04. The van der Waals surface area contributed by atoms with Crippen molar-refractivity contribution in [1.29, 1.82) is 0 Å². The van der Waals surface area contributed by atoms with E-state index in [0.717, 1.165) is 17.4 Å². The minimum atomic E-state index is 0.529. The smallest absolute Gasteiger partial charge is 0.107 e. The Morgan fingerprint density at radius 1 is 1.25 bits per heavy atom. The van der Waals surface area contributed by atoms with E-state index in [-0.39, 0.29) is 0 Å². The van der Waals surface area contributed by atoms with Gasteiger partial charge in [0.05, 0.1) is 0 Å². The third kappa shape index (κ3) is 3.29. The molecular formula is C16H22N2S2. The fourth-order valence-corrected chi connectivity index (χ4v) is 3.61. The van der Waals surface area contributed by atoms with Crippen LogP contribution in [0, 0.1) is 11.8 Å². The molecule has 1 aromatic carbocycles. The standard InChI is InChI=1S/C16H22N2S2/c1-20-14-4-2-3-13(15(14)16(17)19)18(9-11-5-6-11)10-12-7-8-12/h2-4,11-12H,5-10H2,1H3,(H2,17,19). The second kappa shape index (κ2) is 5.94. The van der Waals surface area contributed by atoms with Crippen molar-refractivity contribution >= 4 is 34.7 Å². The highest BCUT2D eigenvalue weighted by molar-refractivity contribution is 7.98. The summed E-state index contributed by atoms with van der Waals surface area (Å²) in [6, 6.07) is 6.45. The Morgan fingerprint density at radius 3 is 2.30 bits per heavy atom. The molecule has 1 aromatic rings. The summed E-state index contributed by atoms with van der Waals surface area (Å²) < 4.78 is 0. The van der Waals surface area contributed by atoms with Gasteiger partial charge in [-0.05, 0) is 55.9 Å². The minimum Gasteiger partial charge on any atom is -0.389 e. The molecule has 0 aromatic heterocycles. The number of thioether (sulfide) groups is 1. The van der Waals surface area contributed by atoms with Gasteiger partial charge in [0.2, 0.25) is 0 Å². The van der Waals surface area contributed by atoms with Gasteiger partial charge in [-0.25, -0.2) is 0 Å². The van der Waals surface area contributed by atoms with Crippen LogP contribution in [0.1, 0.15) is 31.2 Å². The van der Waals surface area contributed by atoms with Crippen LogP contribution in [0.25, 0.3) is 0 Å². The number of nitrogens with two attached hydrogens (primary N) is 1. The molecule has 2 N–H and O–H groups in total. The Morgan fingerprint density at radius 2 is 1.85 bits per heavy atom. The zero-order chi connectivity index (χ0) is 14.1. The normalized spacial score (nSPS) is 18.1. The van der Waals surface area contributed by atoms with Crippen LogP contribution in [-0.4, -0.2) is 24.3 Å². The monoisotopic (exact) mass is 306 g/mol. The molecule has 4 heteroatoms. The van der Waals surface area contributed by atoms with Crippen molar-refractivity contribution in [2.24, 2.45) is 17.6 Å². The Kier molecular flexibility index (Phi) is 4.22. The zero-order valence-corrected chi connectivity index (χ0v) is 13.6. The predicted octanol–water partition coefficient (Wildman–Crippen LogP) is 3.67. The first-order valence-electron chi connectivity index (χ1n) is 7.40. The summed E-state index contributed by atoms with van der Waals surface area (Å²) in [5, 5.41) is 0. The maximum Gasteiger partial charge on any atom is 0.107 e. The summed E-state index contributed by atoms with van der Waals surface area (Å²) in [6.07, 6.45) is 7.61. The molecule has 2 nitrogen and oxygen atoms in total. The van der Waals surface area contributed by atoms with Gasteiger partial charge in [-0.1, -0.05) is 18.3 Å². The third-order valence-electron chi connectivity index (χ3n) is 4.16. The maximum absolute atomic E-state index is 6.01. The summed E-state index contributed by atoms with van der Waals surface area (Å²) in [6.45, 7) is 2.34. The fourth-order valence-electron chi connectivity index (χ4n) is 2.70. The molecule has 20 heavy (non-hydrogen) atoms. The molecule has 2 aliphatic rings. The van der Waals surface area contributed by atoms with Gasteiger partial charge in [-0.15, -0.1) is 11.8 Å². The molecule has 108 valence electrons. The average Bonchev–Trinajstić information content (AvgIpc) is 3.32. The molecular weight excluding hydrogens is 284 g/mol. The van der Waals surface area contributed by atoms with Gasteiger partial charge >= 0.3 is 0 Å². The summed E-state index contributed by atoms with van der Waals surface area (Å²) in [5.41, 5.74) is 8.35. The van der Waals surface area contributed by atoms with Crippen LogP contribution in [0.4, 0.5) is 5.69 Å². The number of hydrogen-bond acceptors (Lipinski definition) is 3. The quantitative estimate of drug-likeness (QED) is 0.615. The van der Waals surface area contributed by atoms with Gasteiger partial charge in [0.1, 0.15) is 4.99 Å². The van der Waals surface area contributed by atoms with E-state index in [4.69, 9.17) is 18.0 Å². The Hall–Kier alpha value is -0.740. The molecule has 0 amide bonds. The second-order valence-corrected chi connectivity index (χ2v) is 7.30. The van der Waals surface area contributed by atoms with Gasteiger partial charge < -0.3 is 10.6 Å². The van der Waals surface area contributed by atoms with E-state index in [1.807, 2.05) is 0 Å². The van der Waals surface area contributed by atoms with Crippen LogP contribution < -0.4 is 10.6 Å². The molecule has 0 unspecified atom stereocenters. The van der Waals surface area contributed by atoms with Gasteiger partial charge in [0.25, 0.3) is 0 Å². The SMILES string of the molecule is CSc1cccc(N(CC2CC2)CC2CC2)c1C(N)=S. The van der Waals surface area contributed by atoms with Crippen molar-refractivity contribution in [3.8, 4) is 0 Å². The van der Waals surface area contributed by atoms with E-state index in [0.29, 0.717) is 4.99 Å². The number of hydrogen-bond donors (Lipinski definition) is 1. The number of benzene rings is 1. The molecule has 2 fully saturated rings. The second-order valence-electron chi connectivity index (χ2n) is 6.01. The Bertz CT molecular complexity index is 493. The van der Waals surface area contributed by atoms with E-state index in [9.17, 15) is 0 Å². The van der Waals surface area contributed by atoms with E-state index < -0.39 is 0 Å². The number of anilines is 1. The molecule has 3 rings (SSSR count). The van der Waals surface area contributed by atoms with E-state index in [1.54, 1.807) is 11.8 Å². The van der Waals surface area contributed by atoms with Crippen LogP contribution in [0.3, 0.4) is 0 Å². The van der Waals surface area contributed by atoms with Crippen molar-refractivity contribution in [3.05, 3.63) is 23.8 Å². The Balaban J connectivity index is 1.92. The molecule has 0 atom stereocenters. The van der Waals surface area contributed by atoms with Crippen LogP contribution >= 0.6 is 24.0 Å². The molecule has 2 saturated carbocycles. The highest BCUT2D eigenvalue weighted by atomic mass is 32.2. The lowest BCUT2D eigenvalue weighted by Crippen LogP contribution is -2.30. The number of rotatable bonds is 7. The van der Waals surface area contributed by atoms with Crippen molar-refractivity contribution in [1.82, 2.24) is 0 Å². The highest BCUT2D eigenvalue weighted by Crippen LogP contribution is 2.38. The lowest BCUT2D eigenvalue weighted by Gasteiger charge is -2.28. The zero-order valence-electron chi connectivity index (χ0n) is 12.0. The molecule has 0 spiro atoms. The van der Waals surface area contributed by atoms with E-state index in [2.05, 4.69) is 29.4 Å². The van der Waals surface area contributed by atoms with Gasteiger partial charge in [0.15, 0.2) is 0 Å². The maximum atomic E-state index is 6.01. The van der Waals surface area contributed by atoms with Gasteiger partial charge in [-0.2, -0.15) is 0 Å². The summed E-state index contributed by atoms with van der Waals surface area (Å²) in [7, 11) is 0. The van der Waals surface area contributed by atoms with E-state index in [1.165, 1.54) is 49.4 Å². The lowest BCUT2D eigenvalue weighted by atomic mass is 10.1. The van der Waals surface area contributed by atoms with E-state index >= 15 is 0 Å². The third-order valence-corrected chi connectivity index (χ3v) is 5.15. The average molecular weight is 306 g/mol. The number of thiocarbonyl (C=S) groups is 1. The molecule has 0 radical (unpaired) electrons. The molecule has 0 saturated heterocycles. The van der Waals surface area contributed by atoms with Crippen LogP contribution in [0.2, 0.25) is 0 Å². The minimum absolute atomic E-state index is 0.529. The van der Waals surface area contributed by atoms with Crippen molar-refractivity contribution in [2.45, 2.75) is 30.6 Å². The van der Waals surface area contributed by atoms with Gasteiger partial charge in [-0.3, -0.25) is 0 Å². The summed E-state index contributed by atoms with van der Waals surface area (Å²) in [4.78, 5) is 4.27.